The van der Waals surface area contributed by atoms with Crippen molar-refractivity contribution in [3.63, 3.8) is 0 Å². The van der Waals surface area contributed by atoms with E-state index in [9.17, 15) is 14.4 Å². The molecule has 3 aliphatic rings. The van der Waals surface area contributed by atoms with Gasteiger partial charge in [-0.15, -0.1) is 0 Å². The van der Waals surface area contributed by atoms with Gasteiger partial charge in [-0.1, -0.05) is 19.3 Å². The van der Waals surface area contributed by atoms with E-state index in [0.717, 1.165) is 38.6 Å². The summed E-state index contributed by atoms with van der Waals surface area (Å²) >= 11 is 0. The molecular weight excluding hydrogens is 344 g/mol. The molecule has 2 heterocycles. The van der Waals surface area contributed by atoms with Crippen LogP contribution in [-0.4, -0.2) is 65.4 Å². The van der Waals surface area contributed by atoms with E-state index < -0.39 is 5.54 Å². The number of nitrogens with zero attached hydrogens (tertiary/aromatic N) is 2. The number of carbonyl (C=O) groups excluding carboxylic acids is 3. The van der Waals surface area contributed by atoms with E-state index >= 15 is 0 Å². The Kier molecular flexibility index (Phi) is 6.73. The van der Waals surface area contributed by atoms with E-state index in [2.05, 4.69) is 22.5 Å². The van der Waals surface area contributed by atoms with Gasteiger partial charge in [0.2, 0.25) is 5.91 Å². The van der Waals surface area contributed by atoms with Crippen molar-refractivity contribution in [3.05, 3.63) is 0 Å². The van der Waals surface area contributed by atoms with Gasteiger partial charge in [-0.05, 0) is 52.0 Å². The number of urea groups is 1. The van der Waals surface area contributed by atoms with Gasteiger partial charge < -0.3 is 15.5 Å². The molecule has 2 aliphatic heterocycles. The minimum atomic E-state index is -0.648. The lowest BCUT2D eigenvalue weighted by Gasteiger charge is -2.33. The summed E-state index contributed by atoms with van der Waals surface area (Å²) < 4.78 is 0. The van der Waals surface area contributed by atoms with Crippen molar-refractivity contribution in [2.24, 2.45) is 0 Å². The molecule has 1 spiro atoms. The maximum atomic E-state index is 12.5. The van der Waals surface area contributed by atoms with E-state index in [1.165, 1.54) is 30.7 Å². The van der Waals surface area contributed by atoms with Crippen LogP contribution in [0.2, 0.25) is 0 Å². The fourth-order valence-electron chi connectivity index (χ4n) is 4.68. The van der Waals surface area contributed by atoms with E-state index in [1.54, 1.807) is 0 Å². The second-order valence-corrected chi connectivity index (χ2v) is 8.36. The zero-order chi connectivity index (χ0) is 19.3. The highest BCUT2D eigenvalue weighted by Crippen LogP contribution is 2.35. The Balaban J connectivity index is 1.29. The Labute approximate surface area is 162 Å². The molecule has 3 rings (SSSR count). The summed E-state index contributed by atoms with van der Waals surface area (Å²) in [4.78, 5) is 40.5. The molecule has 1 aliphatic carbocycles. The van der Waals surface area contributed by atoms with Crippen molar-refractivity contribution >= 4 is 17.8 Å². The third-order valence-electron chi connectivity index (χ3n) is 6.37. The predicted octanol–water partition coefficient (Wildman–Crippen LogP) is 2.01. The molecule has 0 unspecified atom stereocenters. The summed E-state index contributed by atoms with van der Waals surface area (Å²) in [6, 6.07) is 0.361. The standard InChI is InChI=1S/C20H34N4O3/c1-16-8-2-5-13-23(16)14-7-12-21-17(25)9-6-15-24-18(26)20(22-19(24)27)10-3-4-11-20/h16H,2-15H2,1H3,(H,21,25)(H,22,27)/t16-/m0/s1. The molecule has 1 atom stereocenters. The van der Waals surface area contributed by atoms with E-state index in [4.69, 9.17) is 0 Å². The van der Waals surface area contributed by atoms with E-state index in [0.29, 0.717) is 32.0 Å². The van der Waals surface area contributed by atoms with Crippen LogP contribution in [0.4, 0.5) is 4.79 Å². The number of hydrogen-bond donors (Lipinski definition) is 2. The molecular formula is C20H34N4O3. The van der Waals surface area contributed by atoms with Gasteiger partial charge in [-0.2, -0.15) is 0 Å². The molecule has 4 amide bonds. The lowest BCUT2D eigenvalue weighted by atomic mass is 9.98. The number of carbonyl (C=O) groups is 3. The van der Waals surface area contributed by atoms with Gasteiger partial charge >= 0.3 is 6.03 Å². The Morgan fingerprint density at radius 1 is 1.15 bits per heavy atom. The zero-order valence-corrected chi connectivity index (χ0v) is 16.6. The van der Waals surface area contributed by atoms with Crippen molar-refractivity contribution in [3.8, 4) is 0 Å². The van der Waals surface area contributed by atoms with Crippen LogP contribution >= 0.6 is 0 Å². The van der Waals surface area contributed by atoms with Crippen molar-refractivity contribution in [1.29, 1.82) is 0 Å². The Hall–Kier alpha value is -1.63. The number of imide groups is 1. The normalized spacial score (nSPS) is 25.2. The molecule has 0 radical (unpaired) electrons. The first kappa shape index (κ1) is 20.1. The monoisotopic (exact) mass is 378 g/mol. The van der Waals surface area contributed by atoms with Crippen LogP contribution in [0, 0.1) is 0 Å². The third-order valence-corrected chi connectivity index (χ3v) is 6.37. The maximum absolute atomic E-state index is 12.5. The summed E-state index contributed by atoms with van der Waals surface area (Å²) in [5.41, 5.74) is -0.648. The largest absolute Gasteiger partial charge is 0.356 e. The number of nitrogens with one attached hydrogen (secondary N) is 2. The minimum Gasteiger partial charge on any atom is -0.356 e. The first-order valence-corrected chi connectivity index (χ1v) is 10.7. The average molecular weight is 379 g/mol. The van der Waals surface area contributed by atoms with Crippen LogP contribution < -0.4 is 10.6 Å². The molecule has 152 valence electrons. The molecule has 7 heteroatoms. The summed E-state index contributed by atoms with van der Waals surface area (Å²) in [6.45, 7) is 5.50. The van der Waals surface area contributed by atoms with Gasteiger partial charge in [-0.3, -0.25) is 14.5 Å². The number of hydrogen-bond acceptors (Lipinski definition) is 4. The smallest absolute Gasteiger partial charge is 0.325 e. The second-order valence-electron chi connectivity index (χ2n) is 8.36. The highest BCUT2D eigenvalue weighted by molar-refractivity contribution is 6.07. The lowest BCUT2D eigenvalue weighted by molar-refractivity contribution is -0.131. The quantitative estimate of drug-likeness (QED) is 0.500. The molecule has 0 aromatic heterocycles. The summed E-state index contributed by atoms with van der Waals surface area (Å²) in [5, 5.41) is 5.84. The second kappa shape index (κ2) is 9.04. The average Bonchev–Trinajstić information content (AvgIpc) is 3.20. The van der Waals surface area contributed by atoms with Crippen LogP contribution in [0.1, 0.15) is 71.1 Å². The molecule has 3 fully saturated rings. The molecule has 2 saturated heterocycles. The van der Waals surface area contributed by atoms with Crippen molar-refractivity contribution < 1.29 is 14.4 Å². The zero-order valence-electron chi connectivity index (χ0n) is 16.6. The molecule has 0 aromatic rings. The first-order chi connectivity index (χ1) is 13.0. The number of amides is 4. The topological polar surface area (TPSA) is 81.8 Å². The highest BCUT2D eigenvalue weighted by atomic mass is 16.2. The Bertz CT molecular complexity index is 559. The maximum Gasteiger partial charge on any atom is 0.325 e. The van der Waals surface area contributed by atoms with Gasteiger partial charge in [0.05, 0.1) is 0 Å². The summed E-state index contributed by atoms with van der Waals surface area (Å²) in [6.07, 6.45) is 9.16. The van der Waals surface area contributed by atoms with Crippen molar-refractivity contribution in [2.45, 2.75) is 82.7 Å². The van der Waals surface area contributed by atoms with Crippen LogP contribution in [-0.2, 0) is 9.59 Å². The molecule has 0 bridgehead atoms. The Morgan fingerprint density at radius 3 is 2.67 bits per heavy atom. The summed E-state index contributed by atoms with van der Waals surface area (Å²) in [5.74, 6) is -0.0922. The van der Waals surface area contributed by atoms with Gasteiger partial charge in [-0.25, -0.2) is 4.79 Å². The van der Waals surface area contributed by atoms with Gasteiger partial charge in [0.1, 0.15) is 5.54 Å². The van der Waals surface area contributed by atoms with Crippen molar-refractivity contribution in [1.82, 2.24) is 20.4 Å². The van der Waals surface area contributed by atoms with Crippen LogP contribution in [0.3, 0.4) is 0 Å². The Morgan fingerprint density at radius 2 is 1.93 bits per heavy atom. The van der Waals surface area contributed by atoms with Gasteiger partial charge in [0, 0.05) is 32.1 Å². The highest BCUT2D eigenvalue weighted by Gasteiger charge is 2.51. The van der Waals surface area contributed by atoms with E-state index in [1.807, 2.05) is 0 Å². The minimum absolute atomic E-state index is 0.00401. The molecule has 7 nitrogen and oxygen atoms in total. The molecule has 27 heavy (non-hydrogen) atoms. The fraction of sp³-hybridized carbons (Fsp3) is 0.850. The van der Waals surface area contributed by atoms with Crippen molar-refractivity contribution in [2.75, 3.05) is 26.2 Å². The predicted molar refractivity (Wildman–Crippen MR) is 103 cm³/mol. The molecule has 0 aromatic carbocycles. The molecule has 1 saturated carbocycles. The number of rotatable bonds is 8. The van der Waals surface area contributed by atoms with E-state index in [-0.39, 0.29) is 17.8 Å². The summed E-state index contributed by atoms with van der Waals surface area (Å²) in [7, 11) is 0. The number of likely N-dealkylation sites (tertiary alicyclic amines) is 1. The van der Waals surface area contributed by atoms with Gasteiger partial charge in [0.25, 0.3) is 5.91 Å². The van der Waals surface area contributed by atoms with Crippen LogP contribution in [0.15, 0.2) is 0 Å². The van der Waals surface area contributed by atoms with Crippen LogP contribution in [0.25, 0.3) is 0 Å². The van der Waals surface area contributed by atoms with Gasteiger partial charge in [0.15, 0.2) is 0 Å². The fourth-order valence-corrected chi connectivity index (χ4v) is 4.68. The first-order valence-electron chi connectivity index (χ1n) is 10.7. The lowest BCUT2D eigenvalue weighted by Crippen LogP contribution is -2.44. The molecule has 2 N–H and O–H groups in total. The third kappa shape index (κ3) is 4.81. The SMILES string of the molecule is C[C@H]1CCCCN1CCCNC(=O)CCCN1C(=O)NC2(CCCC2)C1=O. The van der Waals surface area contributed by atoms with Crippen LogP contribution in [0.5, 0.6) is 0 Å². The number of piperidine rings is 1.